The number of amides is 1. The molecular formula is C24H23NO4. The highest BCUT2D eigenvalue weighted by atomic mass is 16.4. The van der Waals surface area contributed by atoms with Crippen molar-refractivity contribution in [2.24, 2.45) is 0 Å². The Morgan fingerprint density at radius 2 is 1.62 bits per heavy atom. The molecule has 0 fully saturated rings. The van der Waals surface area contributed by atoms with Crippen LogP contribution in [-0.4, -0.2) is 12.5 Å². The van der Waals surface area contributed by atoms with Crippen molar-refractivity contribution >= 4 is 27.8 Å². The first kappa shape index (κ1) is 19.0. The van der Waals surface area contributed by atoms with Crippen molar-refractivity contribution in [2.45, 2.75) is 33.6 Å². The number of nitrogens with one attached hydrogen (secondary N) is 1. The van der Waals surface area contributed by atoms with Crippen LogP contribution in [-0.2, 0) is 17.6 Å². The summed E-state index contributed by atoms with van der Waals surface area (Å²) in [5.41, 5.74) is 4.08. The van der Waals surface area contributed by atoms with Crippen molar-refractivity contribution in [3.8, 4) is 0 Å². The monoisotopic (exact) mass is 389 g/mol. The van der Waals surface area contributed by atoms with E-state index in [1.54, 1.807) is 6.07 Å². The van der Waals surface area contributed by atoms with Crippen LogP contribution in [0.25, 0.3) is 21.9 Å². The molecule has 0 aliphatic carbocycles. The van der Waals surface area contributed by atoms with E-state index in [1.807, 2.05) is 57.2 Å². The van der Waals surface area contributed by atoms with Gasteiger partial charge in [-0.15, -0.1) is 0 Å². The van der Waals surface area contributed by atoms with Crippen LogP contribution in [0, 0.1) is 20.8 Å². The lowest BCUT2D eigenvalue weighted by molar-refractivity contribution is -0.120. The maximum Gasteiger partial charge on any atom is 0.340 e. The van der Waals surface area contributed by atoms with Gasteiger partial charge in [-0.2, -0.15) is 0 Å². The molecule has 5 heteroatoms. The Balaban J connectivity index is 1.58. The van der Waals surface area contributed by atoms with E-state index >= 15 is 0 Å². The summed E-state index contributed by atoms with van der Waals surface area (Å²) in [4.78, 5) is 24.9. The van der Waals surface area contributed by atoms with Gasteiger partial charge in [-0.3, -0.25) is 4.79 Å². The van der Waals surface area contributed by atoms with E-state index in [0.29, 0.717) is 23.3 Å². The van der Waals surface area contributed by atoms with Crippen LogP contribution >= 0.6 is 0 Å². The molecule has 1 amide bonds. The molecule has 2 aromatic carbocycles. The molecule has 0 aliphatic heterocycles. The van der Waals surface area contributed by atoms with Crippen LogP contribution in [0.4, 0.5) is 0 Å². The first-order chi connectivity index (χ1) is 13.9. The van der Waals surface area contributed by atoms with E-state index in [2.05, 4.69) is 5.32 Å². The first-order valence-electron chi connectivity index (χ1n) is 9.70. The summed E-state index contributed by atoms with van der Waals surface area (Å²) in [6.45, 7) is 6.30. The summed E-state index contributed by atoms with van der Waals surface area (Å²) >= 11 is 0. The fourth-order valence-electron chi connectivity index (χ4n) is 3.64. The van der Waals surface area contributed by atoms with Crippen LogP contribution < -0.4 is 10.9 Å². The predicted octanol–water partition coefficient (Wildman–Crippen LogP) is 4.37. The highest BCUT2D eigenvalue weighted by molar-refractivity contribution is 5.97. The van der Waals surface area contributed by atoms with Crippen LogP contribution in [0.15, 0.2) is 56.1 Å². The smallest absolute Gasteiger partial charge is 0.340 e. The lowest BCUT2D eigenvalue weighted by Crippen LogP contribution is -2.29. The molecule has 0 saturated heterocycles. The topological polar surface area (TPSA) is 72.5 Å². The van der Waals surface area contributed by atoms with E-state index in [9.17, 15) is 9.59 Å². The standard InChI is InChI=1S/C24H23NO4/c1-14-16(3)28-21-13-22-19(11-18(14)21)15(2)20(24(27)29-22)12-23(26)25-10-9-17-7-5-4-6-8-17/h4-8,11,13H,9-10,12H2,1-3H3,(H,25,26). The maximum absolute atomic E-state index is 12.5. The van der Waals surface area contributed by atoms with Crippen LogP contribution in [0.2, 0.25) is 0 Å². The van der Waals surface area contributed by atoms with Crippen molar-refractivity contribution < 1.29 is 13.6 Å². The van der Waals surface area contributed by atoms with Crippen LogP contribution in [0.3, 0.4) is 0 Å². The van der Waals surface area contributed by atoms with Gasteiger partial charge in [0.2, 0.25) is 5.91 Å². The maximum atomic E-state index is 12.5. The Hall–Kier alpha value is -3.34. The van der Waals surface area contributed by atoms with Crippen molar-refractivity contribution in [3.05, 3.63) is 80.9 Å². The molecule has 0 bridgehead atoms. The Morgan fingerprint density at radius 1 is 0.931 bits per heavy atom. The van der Waals surface area contributed by atoms with E-state index < -0.39 is 5.63 Å². The third kappa shape index (κ3) is 3.68. The van der Waals surface area contributed by atoms with E-state index in [4.69, 9.17) is 8.83 Å². The number of carbonyl (C=O) groups is 1. The molecule has 0 spiro atoms. The summed E-state index contributed by atoms with van der Waals surface area (Å²) < 4.78 is 11.2. The molecule has 2 heterocycles. The second kappa shape index (κ2) is 7.59. The first-order valence-corrected chi connectivity index (χ1v) is 9.70. The van der Waals surface area contributed by atoms with Gasteiger partial charge in [-0.05, 0) is 49.9 Å². The molecule has 29 heavy (non-hydrogen) atoms. The predicted molar refractivity (Wildman–Crippen MR) is 113 cm³/mol. The summed E-state index contributed by atoms with van der Waals surface area (Å²) in [5, 5.41) is 4.71. The third-order valence-electron chi connectivity index (χ3n) is 5.50. The van der Waals surface area contributed by atoms with Gasteiger partial charge in [0.25, 0.3) is 0 Å². The summed E-state index contributed by atoms with van der Waals surface area (Å²) in [7, 11) is 0. The molecular weight excluding hydrogens is 366 g/mol. The highest BCUT2D eigenvalue weighted by Crippen LogP contribution is 2.30. The molecule has 4 rings (SSSR count). The zero-order chi connectivity index (χ0) is 20.5. The molecule has 4 aromatic rings. The fourth-order valence-corrected chi connectivity index (χ4v) is 3.64. The van der Waals surface area contributed by atoms with E-state index in [-0.39, 0.29) is 12.3 Å². The molecule has 0 aliphatic rings. The van der Waals surface area contributed by atoms with Gasteiger partial charge in [0.1, 0.15) is 16.9 Å². The average molecular weight is 389 g/mol. The van der Waals surface area contributed by atoms with Gasteiger partial charge in [-0.25, -0.2) is 4.79 Å². The third-order valence-corrected chi connectivity index (χ3v) is 5.50. The quantitative estimate of drug-likeness (QED) is 0.515. The molecule has 148 valence electrons. The number of fused-ring (bicyclic) bond motifs is 2. The largest absolute Gasteiger partial charge is 0.461 e. The molecule has 2 aromatic heterocycles. The Kier molecular flexibility index (Phi) is 4.97. The van der Waals surface area contributed by atoms with Crippen LogP contribution in [0.5, 0.6) is 0 Å². The minimum atomic E-state index is -0.479. The number of rotatable bonds is 5. The number of hydrogen-bond donors (Lipinski definition) is 1. The van der Waals surface area contributed by atoms with Crippen molar-refractivity contribution in [3.63, 3.8) is 0 Å². The Labute approximate surface area is 168 Å². The summed E-state index contributed by atoms with van der Waals surface area (Å²) in [6, 6.07) is 13.7. The minimum absolute atomic E-state index is 0.000328. The van der Waals surface area contributed by atoms with Crippen molar-refractivity contribution in [1.82, 2.24) is 5.32 Å². The lowest BCUT2D eigenvalue weighted by Gasteiger charge is -2.09. The van der Waals surface area contributed by atoms with Crippen molar-refractivity contribution in [1.29, 1.82) is 0 Å². The van der Waals surface area contributed by atoms with Gasteiger partial charge in [0.15, 0.2) is 0 Å². The highest BCUT2D eigenvalue weighted by Gasteiger charge is 2.17. The second-order valence-electron chi connectivity index (χ2n) is 7.38. The molecule has 0 atom stereocenters. The van der Waals surface area contributed by atoms with Gasteiger partial charge in [0, 0.05) is 23.4 Å². The van der Waals surface area contributed by atoms with E-state index in [1.165, 1.54) is 0 Å². The number of furan rings is 1. The zero-order valence-corrected chi connectivity index (χ0v) is 16.8. The summed E-state index contributed by atoms with van der Waals surface area (Å²) in [5.74, 6) is 0.653. The lowest BCUT2D eigenvalue weighted by atomic mass is 10.0. The van der Waals surface area contributed by atoms with E-state index in [0.717, 1.165) is 39.6 Å². The Bertz CT molecular complexity index is 1270. The van der Waals surface area contributed by atoms with Crippen molar-refractivity contribution in [2.75, 3.05) is 6.54 Å². The van der Waals surface area contributed by atoms with Gasteiger partial charge >= 0.3 is 5.63 Å². The van der Waals surface area contributed by atoms with Crippen LogP contribution in [0.1, 0.15) is 28.0 Å². The molecule has 0 radical (unpaired) electrons. The Morgan fingerprint density at radius 3 is 2.38 bits per heavy atom. The normalized spacial score (nSPS) is 11.3. The summed E-state index contributed by atoms with van der Waals surface area (Å²) in [6.07, 6.45) is 0.745. The molecule has 1 N–H and O–H groups in total. The molecule has 5 nitrogen and oxygen atoms in total. The SMILES string of the molecule is Cc1oc2cc3oc(=O)c(CC(=O)NCCc4ccccc4)c(C)c3cc2c1C. The minimum Gasteiger partial charge on any atom is -0.461 e. The second-order valence-corrected chi connectivity index (χ2v) is 7.38. The number of carbonyl (C=O) groups excluding carboxylic acids is 1. The fraction of sp³-hybridized carbons (Fsp3) is 0.250. The zero-order valence-electron chi connectivity index (χ0n) is 16.8. The molecule has 0 unspecified atom stereocenters. The number of hydrogen-bond acceptors (Lipinski definition) is 4. The number of benzene rings is 2. The number of aryl methyl sites for hydroxylation is 3. The molecule has 0 saturated carbocycles. The van der Waals surface area contributed by atoms with Gasteiger partial charge < -0.3 is 14.2 Å². The average Bonchev–Trinajstić information content (AvgIpc) is 2.98. The van der Waals surface area contributed by atoms with Gasteiger partial charge in [0.05, 0.1) is 12.0 Å². The van der Waals surface area contributed by atoms with Gasteiger partial charge in [-0.1, -0.05) is 30.3 Å².